The van der Waals surface area contributed by atoms with Crippen LogP contribution in [0.15, 0.2) is 0 Å². The summed E-state index contributed by atoms with van der Waals surface area (Å²) in [5.74, 6) is 1.24. The van der Waals surface area contributed by atoms with E-state index in [0.29, 0.717) is 0 Å². The summed E-state index contributed by atoms with van der Waals surface area (Å²) < 4.78 is 2.54. The number of rotatable bonds is 33. The maximum atomic E-state index is 10.9. The standard InChI is InChI=1S/C37H77N3OS2/c1-4-6-8-10-12-14-16-17-19-21-23-25-29-39(30-26-27-35-42-43-40-33-31-38(3)32-34-40)36-37(41)28-24-22-20-18-15-13-11-9-7-5-2/h37,41H,4-36H2,1-3H3. The summed E-state index contributed by atoms with van der Waals surface area (Å²) in [6.45, 7) is 12.6. The molecule has 1 N–H and O–H groups in total. The fraction of sp³-hybridized carbons (Fsp3) is 1.00. The molecule has 1 aliphatic rings. The Balaban J connectivity index is 2.17. The highest BCUT2D eigenvalue weighted by Gasteiger charge is 2.15. The van der Waals surface area contributed by atoms with Gasteiger partial charge in [0.2, 0.25) is 0 Å². The lowest BCUT2D eigenvalue weighted by Gasteiger charge is -2.30. The molecule has 0 aromatic heterocycles. The number of nitrogens with zero attached hydrogens (tertiary/aromatic N) is 3. The first-order chi connectivity index (χ1) is 21.2. The van der Waals surface area contributed by atoms with Crippen LogP contribution in [0, 0.1) is 0 Å². The lowest BCUT2D eigenvalue weighted by Crippen LogP contribution is -2.40. The zero-order chi connectivity index (χ0) is 31.1. The van der Waals surface area contributed by atoms with Crippen molar-refractivity contribution in [2.45, 2.75) is 180 Å². The van der Waals surface area contributed by atoms with Crippen molar-refractivity contribution in [2.24, 2.45) is 0 Å². The second-order valence-corrected chi connectivity index (χ2v) is 16.1. The largest absolute Gasteiger partial charge is 0.392 e. The minimum Gasteiger partial charge on any atom is -0.392 e. The van der Waals surface area contributed by atoms with Crippen molar-refractivity contribution in [3.05, 3.63) is 0 Å². The first-order valence-corrected chi connectivity index (χ1v) is 21.6. The smallest absolute Gasteiger partial charge is 0.0667 e. The average molecular weight is 644 g/mol. The van der Waals surface area contributed by atoms with Crippen LogP contribution in [-0.2, 0) is 0 Å². The molecule has 6 heteroatoms. The van der Waals surface area contributed by atoms with E-state index in [4.69, 9.17) is 0 Å². The van der Waals surface area contributed by atoms with Gasteiger partial charge in [0.25, 0.3) is 0 Å². The van der Waals surface area contributed by atoms with Crippen LogP contribution >= 0.6 is 21.8 Å². The highest BCUT2D eigenvalue weighted by molar-refractivity contribution is 8.75. The van der Waals surface area contributed by atoms with Crippen molar-refractivity contribution in [3.63, 3.8) is 0 Å². The van der Waals surface area contributed by atoms with E-state index in [9.17, 15) is 5.11 Å². The quantitative estimate of drug-likeness (QED) is 0.0435. The molecule has 4 nitrogen and oxygen atoms in total. The van der Waals surface area contributed by atoms with Gasteiger partial charge in [-0.05, 0) is 56.8 Å². The maximum absolute atomic E-state index is 10.9. The molecule has 1 rings (SSSR count). The van der Waals surface area contributed by atoms with E-state index in [-0.39, 0.29) is 6.10 Å². The van der Waals surface area contributed by atoms with Crippen molar-refractivity contribution in [3.8, 4) is 0 Å². The molecule has 0 aromatic carbocycles. The Morgan fingerprint density at radius 1 is 0.558 bits per heavy atom. The van der Waals surface area contributed by atoms with Gasteiger partial charge in [0.05, 0.1) is 6.10 Å². The minimum absolute atomic E-state index is 0.145. The zero-order valence-corrected chi connectivity index (χ0v) is 31.2. The summed E-state index contributed by atoms with van der Waals surface area (Å²) >= 11 is 0. The zero-order valence-electron chi connectivity index (χ0n) is 29.5. The molecule has 1 fully saturated rings. The molecule has 1 heterocycles. The van der Waals surface area contributed by atoms with Crippen LogP contribution in [-0.4, -0.2) is 83.9 Å². The molecule has 0 aliphatic carbocycles. The van der Waals surface area contributed by atoms with Gasteiger partial charge >= 0.3 is 0 Å². The number of hydrogen-bond donors (Lipinski definition) is 1. The van der Waals surface area contributed by atoms with Gasteiger partial charge in [-0.2, -0.15) is 0 Å². The van der Waals surface area contributed by atoms with Crippen LogP contribution in [0.25, 0.3) is 0 Å². The molecule has 1 unspecified atom stereocenters. The summed E-state index contributed by atoms with van der Waals surface area (Å²) in [6.07, 6.45) is 33.9. The van der Waals surface area contributed by atoms with Gasteiger partial charge in [0.1, 0.15) is 0 Å². The third kappa shape index (κ3) is 28.5. The van der Waals surface area contributed by atoms with Gasteiger partial charge < -0.3 is 14.9 Å². The van der Waals surface area contributed by atoms with Crippen molar-refractivity contribution >= 4 is 21.8 Å². The molecule has 1 atom stereocenters. The molecule has 0 saturated carbocycles. The van der Waals surface area contributed by atoms with Crippen molar-refractivity contribution in [1.82, 2.24) is 14.1 Å². The SMILES string of the molecule is CCCCCCCCCCCCCCN(CCCCSSN1CCN(C)CC1)CC(O)CCCCCCCCCCCC. The molecular weight excluding hydrogens is 567 g/mol. The van der Waals surface area contributed by atoms with Crippen molar-refractivity contribution < 1.29 is 5.11 Å². The molecule has 258 valence electrons. The number of piperazine rings is 1. The van der Waals surface area contributed by atoms with E-state index in [1.165, 1.54) is 193 Å². The Morgan fingerprint density at radius 3 is 1.47 bits per heavy atom. The van der Waals surface area contributed by atoms with Gasteiger partial charge in [-0.15, -0.1) is 0 Å². The van der Waals surface area contributed by atoms with Gasteiger partial charge in [-0.3, -0.25) is 0 Å². The van der Waals surface area contributed by atoms with Crippen LogP contribution in [0.4, 0.5) is 0 Å². The van der Waals surface area contributed by atoms with Crippen LogP contribution in [0.3, 0.4) is 0 Å². The fourth-order valence-corrected chi connectivity index (χ4v) is 8.53. The number of aliphatic hydroxyl groups excluding tert-OH is 1. The molecule has 43 heavy (non-hydrogen) atoms. The monoisotopic (exact) mass is 644 g/mol. The second kappa shape index (κ2) is 32.5. The van der Waals surface area contributed by atoms with Crippen LogP contribution in [0.1, 0.15) is 174 Å². The maximum Gasteiger partial charge on any atom is 0.0667 e. The molecule has 0 amide bonds. The fourth-order valence-electron chi connectivity index (χ4n) is 6.20. The summed E-state index contributed by atoms with van der Waals surface area (Å²) in [6, 6.07) is 0. The Kier molecular flexibility index (Phi) is 31.4. The Labute approximate surface area is 279 Å². The molecule has 0 bridgehead atoms. The predicted molar refractivity (Wildman–Crippen MR) is 198 cm³/mol. The molecule has 0 spiro atoms. The van der Waals surface area contributed by atoms with E-state index in [2.05, 4.69) is 35.0 Å². The highest BCUT2D eigenvalue weighted by atomic mass is 33.1. The average Bonchev–Trinajstić information content (AvgIpc) is 3.01. The summed E-state index contributed by atoms with van der Waals surface area (Å²) in [7, 11) is 6.26. The third-order valence-corrected chi connectivity index (χ3v) is 11.8. The van der Waals surface area contributed by atoms with Crippen molar-refractivity contribution in [1.29, 1.82) is 0 Å². The number of likely N-dealkylation sites (N-methyl/N-ethyl adjacent to an activating group) is 1. The van der Waals surface area contributed by atoms with E-state index < -0.39 is 0 Å². The first kappa shape index (κ1) is 41.6. The van der Waals surface area contributed by atoms with Crippen molar-refractivity contribution in [2.75, 3.05) is 58.6 Å². The Bertz CT molecular complexity index is 548. The van der Waals surface area contributed by atoms with Gasteiger partial charge in [-0.1, -0.05) is 159 Å². The van der Waals surface area contributed by atoms with Gasteiger partial charge in [0.15, 0.2) is 0 Å². The summed E-state index contributed by atoms with van der Waals surface area (Å²) in [4.78, 5) is 5.03. The van der Waals surface area contributed by atoms with Crippen LogP contribution in [0.2, 0.25) is 0 Å². The highest BCUT2D eigenvalue weighted by Crippen LogP contribution is 2.27. The molecular formula is C37H77N3OS2. The van der Waals surface area contributed by atoms with Crippen LogP contribution < -0.4 is 0 Å². The van der Waals surface area contributed by atoms with Crippen LogP contribution in [0.5, 0.6) is 0 Å². The van der Waals surface area contributed by atoms with E-state index in [1.54, 1.807) is 0 Å². The number of hydrogen-bond acceptors (Lipinski definition) is 6. The lowest BCUT2D eigenvalue weighted by atomic mass is 10.0. The third-order valence-electron chi connectivity index (χ3n) is 9.26. The summed E-state index contributed by atoms with van der Waals surface area (Å²) in [5, 5.41) is 10.9. The van der Waals surface area contributed by atoms with E-state index >= 15 is 0 Å². The molecule has 1 aliphatic heterocycles. The molecule has 0 aromatic rings. The van der Waals surface area contributed by atoms with E-state index in [1.807, 2.05) is 21.8 Å². The topological polar surface area (TPSA) is 30.0 Å². The summed E-state index contributed by atoms with van der Waals surface area (Å²) in [5.41, 5.74) is 0. The molecule has 0 radical (unpaired) electrons. The molecule has 1 saturated heterocycles. The number of unbranched alkanes of at least 4 members (excludes halogenated alkanes) is 21. The number of aliphatic hydroxyl groups is 1. The van der Waals surface area contributed by atoms with Gasteiger partial charge in [-0.25, -0.2) is 4.31 Å². The minimum atomic E-state index is -0.145. The first-order valence-electron chi connectivity index (χ1n) is 19.3. The van der Waals surface area contributed by atoms with E-state index in [0.717, 1.165) is 19.5 Å². The Hall–Kier alpha value is 0.540. The second-order valence-electron chi connectivity index (χ2n) is 13.7. The van der Waals surface area contributed by atoms with Gasteiger partial charge in [0, 0.05) is 38.5 Å². The predicted octanol–water partition coefficient (Wildman–Crippen LogP) is 11.0. The Morgan fingerprint density at radius 2 is 0.977 bits per heavy atom. The normalized spacial score (nSPS) is 15.6. The lowest BCUT2D eigenvalue weighted by molar-refractivity contribution is 0.101.